The Labute approximate surface area is 128 Å². The van der Waals surface area contributed by atoms with Crippen LogP contribution in [0.25, 0.3) is 0 Å². The van der Waals surface area contributed by atoms with Crippen molar-refractivity contribution in [1.29, 1.82) is 0 Å². The molecule has 0 saturated heterocycles. The second-order valence-electron chi connectivity index (χ2n) is 4.54. The van der Waals surface area contributed by atoms with Crippen LogP contribution in [0.15, 0.2) is 34.5 Å². The summed E-state index contributed by atoms with van der Waals surface area (Å²) in [4.78, 5) is 1.11. The normalized spacial score (nSPS) is 11.6. The Bertz CT molecular complexity index is 724. The first-order valence-corrected chi connectivity index (χ1v) is 8.74. The summed E-state index contributed by atoms with van der Waals surface area (Å²) in [7, 11) is -2.21. The van der Waals surface area contributed by atoms with Gasteiger partial charge < -0.3 is 10.5 Å². The van der Waals surface area contributed by atoms with E-state index in [-0.39, 0.29) is 18.0 Å². The monoisotopic (exact) mass is 326 g/mol. The Morgan fingerprint density at radius 2 is 2.10 bits per heavy atom. The van der Waals surface area contributed by atoms with E-state index in [9.17, 15) is 8.42 Å². The van der Waals surface area contributed by atoms with Crippen LogP contribution in [0.2, 0.25) is 0 Å². The number of ether oxygens (including phenoxy) is 1. The van der Waals surface area contributed by atoms with Crippen LogP contribution in [0.5, 0.6) is 5.75 Å². The minimum atomic E-state index is -3.65. The number of sulfonamides is 1. The van der Waals surface area contributed by atoms with Gasteiger partial charge in [-0.25, -0.2) is 13.1 Å². The fourth-order valence-corrected chi connectivity index (χ4v) is 4.03. The second kappa shape index (κ2) is 6.57. The summed E-state index contributed by atoms with van der Waals surface area (Å²) < 4.78 is 32.7. The molecule has 1 aromatic heterocycles. The number of benzene rings is 1. The highest BCUT2D eigenvalue weighted by Crippen LogP contribution is 2.25. The standard InChI is InChI=1S/C14H18N2O3S2/c1-10-5-6-20-13(10)9-16-21(17,18)14-7-11(8-15)3-4-12(14)19-2/h3-7,16H,8-9,15H2,1-2H3. The topological polar surface area (TPSA) is 81.4 Å². The molecule has 0 fully saturated rings. The van der Waals surface area contributed by atoms with Crippen molar-refractivity contribution in [1.82, 2.24) is 4.72 Å². The Kier molecular flexibility index (Phi) is 5.00. The second-order valence-corrected chi connectivity index (χ2v) is 7.28. The molecule has 0 amide bonds. The van der Waals surface area contributed by atoms with Crippen molar-refractivity contribution in [2.75, 3.05) is 7.11 Å². The minimum absolute atomic E-state index is 0.113. The van der Waals surface area contributed by atoms with Crippen LogP contribution in [-0.2, 0) is 23.1 Å². The average molecular weight is 326 g/mol. The molecule has 0 radical (unpaired) electrons. The van der Waals surface area contributed by atoms with Crippen LogP contribution in [0.1, 0.15) is 16.0 Å². The van der Waals surface area contributed by atoms with Crippen molar-refractivity contribution < 1.29 is 13.2 Å². The van der Waals surface area contributed by atoms with Gasteiger partial charge in [-0.2, -0.15) is 0 Å². The largest absolute Gasteiger partial charge is 0.495 e. The smallest absolute Gasteiger partial charge is 0.244 e. The van der Waals surface area contributed by atoms with Crippen molar-refractivity contribution in [2.45, 2.75) is 24.9 Å². The average Bonchev–Trinajstić information content (AvgIpc) is 2.90. The van der Waals surface area contributed by atoms with Crippen LogP contribution in [0, 0.1) is 6.92 Å². The van der Waals surface area contributed by atoms with Crippen molar-refractivity contribution >= 4 is 21.4 Å². The van der Waals surface area contributed by atoms with E-state index in [2.05, 4.69) is 4.72 Å². The third-order valence-corrected chi connectivity index (χ3v) is 5.59. The van der Waals surface area contributed by atoms with Crippen molar-refractivity contribution in [3.8, 4) is 5.75 Å². The van der Waals surface area contributed by atoms with Crippen LogP contribution in [-0.4, -0.2) is 15.5 Å². The molecule has 1 aromatic carbocycles. The lowest BCUT2D eigenvalue weighted by molar-refractivity contribution is 0.402. The molecule has 5 nitrogen and oxygen atoms in total. The first-order valence-electron chi connectivity index (χ1n) is 6.37. The molecule has 7 heteroatoms. The zero-order chi connectivity index (χ0) is 15.5. The number of rotatable bonds is 6. The van der Waals surface area contributed by atoms with Gasteiger partial charge in [-0.15, -0.1) is 11.3 Å². The Balaban J connectivity index is 2.28. The third kappa shape index (κ3) is 3.62. The zero-order valence-corrected chi connectivity index (χ0v) is 13.6. The van der Waals surface area contributed by atoms with E-state index < -0.39 is 10.0 Å². The highest BCUT2D eigenvalue weighted by Gasteiger charge is 2.20. The maximum Gasteiger partial charge on any atom is 0.244 e. The Morgan fingerprint density at radius 1 is 1.33 bits per heavy atom. The Morgan fingerprint density at radius 3 is 2.67 bits per heavy atom. The molecule has 21 heavy (non-hydrogen) atoms. The molecule has 114 valence electrons. The van der Waals surface area contributed by atoms with Crippen molar-refractivity contribution in [2.24, 2.45) is 5.73 Å². The van der Waals surface area contributed by atoms with Gasteiger partial charge >= 0.3 is 0 Å². The number of aryl methyl sites for hydroxylation is 1. The number of methoxy groups -OCH3 is 1. The van der Waals surface area contributed by atoms with Gasteiger partial charge in [0, 0.05) is 18.0 Å². The van der Waals surface area contributed by atoms with Crippen LogP contribution < -0.4 is 15.2 Å². The third-order valence-electron chi connectivity index (χ3n) is 3.14. The summed E-state index contributed by atoms with van der Waals surface area (Å²) >= 11 is 1.52. The summed E-state index contributed by atoms with van der Waals surface area (Å²) in [5.74, 6) is 0.308. The summed E-state index contributed by atoms with van der Waals surface area (Å²) in [6, 6.07) is 6.88. The predicted octanol–water partition coefficient (Wildman–Crippen LogP) is 2.00. The molecule has 0 bridgehead atoms. The van der Waals surface area contributed by atoms with Gasteiger partial charge in [0.2, 0.25) is 10.0 Å². The zero-order valence-electron chi connectivity index (χ0n) is 11.9. The highest BCUT2D eigenvalue weighted by molar-refractivity contribution is 7.89. The van der Waals surface area contributed by atoms with E-state index in [4.69, 9.17) is 10.5 Å². The number of hydrogen-bond donors (Lipinski definition) is 2. The molecule has 3 N–H and O–H groups in total. The number of nitrogens with two attached hydrogens (primary N) is 1. The summed E-state index contributed by atoms with van der Waals surface area (Å²) in [5, 5.41) is 1.94. The molecule has 0 aliphatic carbocycles. The summed E-state index contributed by atoms with van der Waals surface area (Å²) in [5.41, 5.74) is 7.38. The van der Waals surface area contributed by atoms with E-state index >= 15 is 0 Å². The van der Waals surface area contributed by atoms with Crippen LogP contribution >= 0.6 is 11.3 Å². The molecule has 2 rings (SSSR count). The van der Waals surface area contributed by atoms with Gasteiger partial charge in [0.25, 0.3) is 0 Å². The lowest BCUT2D eigenvalue weighted by atomic mass is 10.2. The Hall–Kier alpha value is -1.41. The molecule has 0 unspecified atom stereocenters. The lowest BCUT2D eigenvalue weighted by Crippen LogP contribution is -2.24. The summed E-state index contributed by atoms with van der Waals surface area (Å²) in [6.45, 7) is 2.49. The van der Waals surface area contributed by atoms with Gasteiger partial charge in [0.15, 0.2) is 0 Å². The van der Waals surface area contributed by atoms with E-state index in [1.807, 2.05) is 18.4 Å². The first kappa shape index (κ1) is 16.0. The maximum atomic E-state index is 12.5. The molecule has 0 atom stereocenters. The van der Waals surface area contributed by atoms with Crippen LogP contribution in [0.3, 0.4) is 0 Å². The highest BCUT2D eigenvalue weighted by atomic mass is 32.2. The van der Waals surface area contributed by atoms with E-state index in [0.29, 0.717) is 5.75 Å². The molecular weight excluding hydrogens is 308 g/mol. The first-order chi connectivity index (χ1) is 9.97. The molecule has 0 aliphatic rings. The lowest BCUT2D eigenvalue weighted by Gasteiger charge is -2.12. The van der Waals surface area contributed by atoms with Gasteiger partial charge in [-0.05, 0) is 41.6 Å². The fourth-order valence-electron chi connectivity index (χ4n) is 1.88. The predicted molar refractivity (Wildman–Crippen MR) is 84.0 cm³/mol. The summed E-state index contributed by atoms with van der Waals surface area (Å²) in [6.07, 6.45) is 0. The number of thiophene rings is 1. The van der Waals surface area contributed by atoms with E-state index in [0.717, 1.165) is 16.0 Å². The molecule has 0 spiro atoms. The van der Waals surface area contributed by atoms with E-state index in [1.54, 1.807) is 18.2 Å². The number of nitrogens with one attached hydrogen (secondary N) is 1. The van der Waals surface area contributed by atoms with Gasteiger partial charge in [-0.3, -0.25) is 0 Å². The SMILES string of the molecule is COc1ccc(CN)cc1S(=O)(=O)NCc1sccc1C. The molecule has 0 saturated carbocycles. The minimum Gasteiger partial charge on any atom is -0.495 e. The van der Waals surface area contributed by atoms with Gasteiger partial charge in [0.1, 0.15) is 10.6 Å². The van der Waals surface area contributed by atoms with Gasteiger partial charge in [-0.1, -0.05) is 6.07 Å². The van der Waals surface area contributed by atoms with Crippen molar-refractivity contribution in [3.63, 3.8) is 0 Å². The maximum absolute atomic E-state index is 12.5. The van der Waals surface area contributed by atoms with Crippen LogP contribution in [0.4, 0.5) is 0 Å². The van der Waals surface area contributed by atoms with Gasteiger partial charge in [0.05, 0.1) is 7.11 Å². The number of hydrogen-bond acceptors (Lipinski definition) is 5. The fraction of sp³-hybridized carbons (Fsp3) is 0.286. The molecule has 2 aromatic rings. The molecule has 1 heterocycles. The van der Waals surface area contributed by atoms with E-state index in [1.165, 1.54) is 18.4 Å². The quantitative estimate of drug-likeness (QED) is 0.851. The molecule has 0 aliphatic heterocycles. The van der Waals surface area contributed by atoms with Crippen molar-refractivity contribution in [3.05, 3.63) is 45.6 Å². The molecular formula is C14H18N2O3S2.